The fraction of sp³-hybridized carbons (Fsp3) is 0.571. The number of para-hydroxylation sites is 1. The lowest BCUT2D eigenvalue weighted by atomic mass is 9.99. The van der Waals surface area contributed by atoms with Gasteiger partial charge in [0.25, 0.3) is 0 Å². The molecule has 3 heteroatoms. The van der Waals surface area contributed by atoms with Crippen LogP contribution in [0.5, 0.6) is 5.75 Å². The minimum atomic E-state index is 0.271. The fourth-order valence-electron chi connectivity index (χ4n) is 2.22. The van der Waals surface area contributed by atoms with Gasteiger partial charge in [-0.2, -0.15) is 0 Å². The Bertz CT molecular complexity index is 354. The summed E-state index contributed by atoms with van der Waals surface area (Å²) >= 11 is 0. The number of nitrogens with one attached hydrogen (secondary N) is 1. The number of aliphatic hydroxyl groups is 1. The molecule has 17 heavy (non-hydrogen) atoms. The van der Waals surface area contributed by atoms with Crippen molar-refractivity contribution in [3.05, 3.63) is 29.8 Å². The molecule has 2 N–H and O–H groups in total. The SMILES string of the molecule is CC(CCO)CNC1CCOc2ccccc21. The van der Waals surface area contributed by atoms with Crippen LogP contribution in [-0.2, 0) is 0 Å². The van der Waals surface area contributed by atoms with Crippen LogP contribution in [0, 0.1) is 5.92 Å². The van der Waals surface area contributed by atoms with E-state index in [1.807, 2.05) is 12.1 Å². The maximum absolute atomic E-state index is 8.88. The van der Waals surface area contributed by atoms with Gasteiger partial charge in [-0.1, -0.05) is 25.1 Å². The molecule has 0 bridgehead atoms. The highest BCUT2D eigenvalue weighted by Gasteiger charge is 2.20. The van der Waals surface area contributed by atoms with E-state index in [1.54, 1.807) is 0 Å². The van der Waals surface area contributed by atoms with Crippen LogP contribution in [0.4, 0.5) is 0 Å². The van der Waals surface area contributed by atoms with Crippen LogP contribution in [0.1, 0.15) is 31.4 Å². The number of hydrogen-bond donors (Lipinski definition) is 2. The van der Waals surface area contributed by atoms with Gasteiger partial charge >= 0.3 is 0 Å². The highest BCUT2D eigenvalue weighted by Crippen LogP contribution is 2.31. The molecule has 1 aliphatic heterocycles. The molecule has 0 saturated carbocycles. The maximum Gasteiger partial charge on any atom is 0.124 e. The number of hydrogen-bond acceptors (Lipinski definition) is 3. The lowest BCUT2D eigenvalue weighted by Gasteiger charge is -2.27. The summed E-state index contributed by atoms with van der Waals surface area (Å²) in [5, 5.41) is 12.5. The Morgan fingerprint density at radius 2 is 2.29 bits per heavy atom. The van der Waals surface area contributed by atoms with Gasteiger partial charge < -0.3 is 15.2 Å². The first-order valence-corrected chi connectivity index (χ1v) is 6.37. The predicted octanol–water partition coefficient (Wildman–Crippen LogP) is 2.12. The molecule has 2 atom stereocenters. The second-order valence-corrected chi connectivity index (χ2v) is 4.75. The Kier molecular flexibility index (Phi) is 4.40. The molecule has 1 aromatic rings. The van der Waals surface area contributed by atoms with E-state index in [-0.39, 0.29) is 6.61 Å². The van der Waals surface area contributed by atoms with E-state index in [4.69, 9.17) is 9.84 Å². The van der Waals surface area contributed by atoms with Gasteiger partial charge in [0.2, 0.25) is 0 Å². The van der Waals surface area contributed by atoms with E-state index < -0.39 is 0 Å². The van der Waals surface area contributed by atoms with Gasteiger partial charge in [-0.05, 0) is 24.9 Å². The molecule has 0 aromatic heterocycles. The molecule has 1 aromatic carbocycles. The summed E-state index contributed by atoms with van der Waals surface area (Å²) in [5.74, 6) is 1.51. The predicted molar refractivity (Wildman–Crippen MR) is 68.2 cm³/mol. The molecule has 2 unspecified atom stereocenters. The third-order valence-electron chi connectivity index (χ3n) is 3.29. The van der Waals surface area contributed by atoms with Gasteiger partial charge in [0.05, 0.1) is 6.61 Å². The average Bonchev–Trinajstić information content (AvgIpc) is 2.36. The van der Waals surface area contributed by atoms with Crippen molar-refractivity contribution in [1.29, 1.82) is 0 Å². The van der Waals surface area contributed by atoms with Crippen molar-refractivity contribution < 1.29 is 9.84 Å². The summed E-state index contributed by atoms with van der Waals surface area (Å²) in [6.45, 7) is 4.16. The van der Waals surface area contributed by atoms with Crippen LogP contribution in [0.2, 0.25) is 0 Å². The van der Waals surface area contributed by atoms with Gasteiger partial charge in [-0.25, -0.2) is 0 Å². The molecule has 0 saturated heterocycles. The minimum absolute atomic E-state index is 0.271. The smallest absolute Gasteiger partial charge is 0.124 e. The first-order chi connectivity index (χ1) is 8.31. The van der Waals surface area contributed by atoms with E-state index in [1.165, 1.54) is 5.56 Å². The largest absolute Gasteiger partial charge is 0.493 e. The van der Waals surface area contributed by atoms with E-state index in [0.717, 1.165) is 31.7 Å². The number of ether oxygens (including phenoxy) is 1. The summed E-state index contributed by atoms with van der Waals surface area (Å²) in [5.41, 5.74) is 1.26. The van der Waals surface area contributed by atoms with Crippen molar-refractivity contribution in [1.82, 2.24) is 5.32 Å². The maximum atomic E-state index is 8.88. The Balaban J connectivity index is 1.94. The number of rotatable bonds is 5. The molecule has 0 amide bonds. The fourth-order valence-corrected chi connectivity index (χ4v) is 2.22. The molecule has 0 fully saturated rings. The van der Waals surface area contributed by atoms with E-state index in [0.29, 0.717) is 12.0 Å². The van der Waals surface area contributed by atoms with Crippen molar-refractivity contribution in [2.24, 2.45) is 5.92 Å². The summed E-state index contributed by atoms with van der Waals surface area (Å²) in [6.07, 6.45) is 1.88. The quantitative estimate of drug-likeness (QED) is 0.821. The van der Waals surface area contributed by atoms with Crippen LogP contribution >= 0.6 is 0 Å². The standard InChI is InChI=1S/C14H21NO2/c1-11(6-8-16)10-15-13-7-9-17-14-5-3-2-4-12(13)14/h2-5,11,13,15-16H,6-10H2,1H3. The Hall–Kier alpha value is -1.06. The second-order valence-electron chi connectivity index (χ2n) is 4.75. The molecule has 1 aliphatic rings. The van der Waals surface area contributed by atoms with Crippen LogP contribution in [0.15, 0.2) is 24.3 Å². The van der Waals surface area contributed by atoms with Gasteiger partial charge in [0.15, 0.2) is 0 Å². The molecular weight excluding hydrogens is 214 g/mol. The average molecular weight is 235 g/mol. The number of benzene rings is 1. The summed E-state index contributed by atoms with van der Waals surface area (Å²) < 4.78 is 5.63. The molecule has 0 radical (unpaired) electrons. The Morgan fingerprint density at radius 1 is 1.47 bits per heavy atom. The summed E-state index contributed by atoms with van der Waals surface area (Å²) in [4.78, 5) is 0. The molecule has 2 rings (SSSR count). The first-order valence-electron chi connectivity index (χ1n) is 6.37. The molecule has 0 spiro atoms. The van der Waals surface area contributed by atoms with Gasteiger partial charge in [0, 0.05) is 24.6 Å². The molecule has 3 nitrogen and oxygen atoms in total. The molecule has 94 valence electrons. The van der Waals surface area contributed by atoms with Gasteiger partial charge in [-0.3, -0.25) is 0 Å². The van der Waals surface area contributed by atoms with Crippen LogP contribution in [-0.4, -0.2) is 24.9 Å². The van der Waals surface area contributed by atoms with Crippen LogP contribution in [0.25, 0.3) is 0 Å². The van der Waals surface area contributed by atoms with Crippen LogP contribution < -0.4 is 10.1 Å². The Morgan fingerprint density at radius 3 is 3.12 bits per heavy atom. The van der Waals surface area contributed by atoms with Crippen molar-refractivity contribution in [3.63, 3.8) is 0 Å². The van der Waals surface area contributed by atoms with E-state index in [9.17, 15) is 0 Å². The lowest BCUT2D eigenvalue weighted by molar-refractivity contribution is 0.236. The third kappa shape index (κ3) is 3.20. The highest BCUT2D eigenvalue weighted by molar-refractivity contribution is 5.37. The minimum Gasteiger partial charge on any atom is -0.493 e. The topological polar surface area (TPSA) is 41.5 Å². The molecular formula is C14H21NO2. The van der Waals surface area contributed by atoms with Crippen molar-refractivity contribution in [3.8, 4) is 5.75 Å². The zero-order chi connectivity index (χ0) is 12.1. The highest BCUT2D eigenvalue weighted by atomic mass is 16.5. The molecule has 1 heterocycles. The zero-order valence-corrected chi connectivity index (χ0v) is 10.4. The van der Waals surface area contributed by atoms with Crippen molar-refractivity contribution >= 4 is 0 Å². The van der Waals surface area contributed by atoms with Gasteiger partial charge in [-0.15, -0.1) is 0 Å². The second kappa shape index (κ2) is 6.03. The van der Waals surface area contributed by atoms with E-state index >= 15 is 0 Å². The first kappa shape index (κ1) is 12.4. The number of fused-ring (bicyclic) bond motifs is 1. The third-order valence-corrected chi connectivity index (χ3v) is 3.29. The lowest BCUT2D eigenvalue weighted by Crippen LogP contribution is -2.30. The van der Waals surface area contributed by atoms with Crippen LogP contribution in [0.3, 0.4) is 0 Å². The molecule has 0 aliphatic carbocycles. The van der Waals surface area contributed by atoms with Crippen molar-refractivity contribution in [2.45, 2.75) is 25.8 Å². The van der Waals surface area contributed by atoms with Gasteiger partial charge in [0.1, 0.15) is 5.75 Å². The van der Waals surface area contributed by atoms with Crippen molar-refractivity contribution in [2.75, 3.05) is 19.8 Å². The summed E-state index contributed by atoms with van der Waals surface area (Å²) in [6, 6.07) is 8.61. The normalized spacial score (nSPS) is 20.5. The number of aliphatic hydroxyl groups excluding tert-OH is 1. The summed E-state index contributed by atoms with van der Waals surface area (Å²) in [7, 11) is 0. The zero-order valence-electron chi connectivity index (χ0n) is 10.4. The Labute approximate surface area is 103 Å². The van der Waals surface area contributed by atoms with E-state index in [2.05, 4.69) is 24.4 Å². The monoisotopic (exact) mass is 235 g/mol.